The molecule has 2 aromatic heterocycles. The van der Waals surface area contributed by atoms with Crippen LogP contribution >= 0.6 is 0 Å². The van der Waals surface area contributed by atoms with Crippen molar-refractivity contribution in [2.24, 2.45) is 0 Å². The second-order valence-corrected chi connectivity index (χ2v) is 2.67. The van der Waals surface area contributed by atoms with E-state index < -0.39 is 0 Å². The molecule has 70 valence electrons. The first-order valence-electron chi connectivity index (χ1n) is 4.16. The lowest BCUT2D eigenvalue weighted by Gasteiger charge is -2.05. The summed E-state index contributed by atoms with van der Waals surface area (Å²) in [7, 11) is 1.63. The third kappa shape index (κ3) is 1.54. The highest BCUT2D eigenvalue weighted by Gasteiger charge is 2.05. The molecule has 0 saturated carbocycles. The lowest BCUT2D eigenvalue weighted by molar-refractivity contribution is 0.416. The molecule has 0 N–H and O–H groups in total. The zero-order valence-corrected chi connectivity index (χ0v) is 7.71. The Morgan fingerprint density at radius 1 is 1.14 bits per heavy atom. The molecule has 0 fully saturated rings. The van der Waals surface area contributed by atoms with Crippen LogP contribution < -0.4 is 4.74 Å². The summed E-state index contributed by atoms with van der Waals surface area (Å²) in [6.45, 7) is 0. The molecule has 0 aliphatic heterocycles. The zero-order valence-electron chi connectivity index (χ0n) is 7.71. The van der Waals surface area contributed by atoms with E-state index >= 15 is 0 Å². The van der Waals surface area contributed by atoms with Gasteiger partial charge in [-0.15, -0.1) is 0 Å². The number of aromatic nitrogens is 3. The molecule has 0 aliphatic carbocycles. The second-order valence-electron chi connectivity index (χ2n) is 2.67. The number of hydrogen-bond acceptors (Lipinski definition) is 4. The van der Waals surface area contributed by atoms with Gasteiger partial charge in [0.15, 0.2) is 0 Å². The molecule has 0 spiro atoms. The summed E-state index contributed by atoms with van der Waals surface area (Å²) in [5.41, 5.74) is 1.68. The fourth-order valence-electron chi connectivity index (χ4n) is 1.20. The average Bonchev–Trinajstić information content (AvgIpc) is 2.30. The highest BCUT2D eigenvalue weighted by atomic mass is 16.5. The van der Waals surface area contributed by atoms with Crippen LogP contribution in [0, 0.1) is 0 Å². The van der Waals surface area contributed by atoms with E-state index in [1.165, 1.54) is 6.33 Å². The summed E-state index contributed by atoms with van der Waals surface area (Å²) in [4.78, 5) is 12.0. The van der Waals surface area contributed by atoms with Gasteiger partial charge in [-0.1, -0.05) is 0 Å². The number of hydrogen-bond donors (Lipinski definition) is 0. The maximum atomic E-state index is 5.20. The van der Waals surface area contributed by atoms with Gasteiger partial charge in [0, 0.05) is 18.6 Å². The van der Waals surface area contributed by atoms with Crippen LogP contribution in [0.4, 0.5) is 0 Å². The van der Waals surface area contributed by atoms with E-state index in [4.69, 9.17) is 4.74 Å². The summed E-state index contributed by atoms with van der Waals surface area (Å²) in [6, 6.07) is 3.62. The summed E-state index contributed by atoms with van der Waals surface area (Å²) in [6.07, 6.45) is 6.60. The largest absolute Gasteiger partial charge is 0.496 e. The van der Waals surface area contributed by atoms with Crippen LogP contribution in [0.2, 0.25) is 0 Å². The van der Waals surface area contributed by atoms with E-state index in [9.17, 15) is 0 Å². The maximum Gasteiger partial charge on any atom is 0.131 e. The van der Waals surface area contributed by atoms with Crippen molar-refractivity contribution in [3.05, 3.63) is 37.1 Å². The van der Waals surface area contributed by atoms with Crippen molar-refractivity contribution in [1.82, 2.24) is 15.0 Å². The minimum atomic E-state index is 0.763. The fraction of sp³-hybridized carbons (Fsp3) is 0.100. The molecule has 0 aliphatic rings. The van der Waals surface area contributed by atoms with Gasteiger partial charge in [0.25, 0.3) is 0 Å². The second kappa shape index (κ2) is 3.83. The first kappa shape index (κ1) is 8.62. The molecule has 14 heavy (non-hydrogen) atoms. The molecular formula is C10H9N3O. The highest BCUT2D eigenvalue weighted by molar-refractivity contribution is 5.65. The molecule has 4 heteroatoms. The van der Waals surface area contributed by atoms with Crippen molar-refractivity contribution in [3.63, 3.8) is 0 Å². The molecule has 0 saturated heterocycles. The smallest absolute Gasteiger partial charge is 0.131 e. The lowest BCUT2D eigenvalue weighted by Crippen LogP contribution is -1.90. The molecule has 0 aromatic carbocycles. The van der Waals surface area contributed by atoms with Crippen molar-refractivity contribution in [3.8, 4) is 17.0 Å². The summed E-state index contributed by atoms with van der Waals surface area (Å²) in [5.74, 6) is 0.763. The Kier molecular flexibility index (Phi) is 2.36. The topological polar surface area (TPSA) is 47.9 Å². The van der Waals surface area contributed by atoms with Crippen LogP contribution in [0.15, 0.2) is 37.1 Å². The van der Waals surface area contributed by atoms with Gasteiger partial charge in [0.05, 0.1) is 18.4 Å². The average molecular weight is 187 g/mol. The van der Waals surface area contributed by atoms with Gasteiger partial charge < -0.3 is 4.74 Å². The number of nitrogens with zero attached hydrogens (tertiary/aromatic N) is 3. The Bertz CT molecular complexity index is 417. The minimum absolute atomic E-state index is 0.763. The molecule has 2 rings (SSSR count). The number of pyridine rings is 1. The first-order valence-corrected chi connectivity index (χ1v) is 4.16. The van der Waals surface area contributed by atoms with E-state index in [-0.39, 0.29) is 0 Å². The van der Waals surface area contributed by atoms with Gasteiger partial charge in [-0.25, -0.2) is 9.97 Å². The van der Waals surface area contributed by atoms with Crippen molar-refractivity contribution in [2.45, 2.75) is 0 Å². The van der Waals surface area contributed by atoms with E-state index in [2.05, 4.69) is 15.0 Å². The van der Waals surface area contributed by atoms with E-state index in [0.717, 1.165) is 17.0 Å². The molecule has 2 heterocycles. The molecule has 0 amide bonds. The number of methoxy groups -OCH3 is 1. The Hall–Kier alpha value is -1.97. The van der Waals surface area contributed by atoms with E-state index in [0.29, 0.717) is 0 Å². The number of ether oxygens (including phenoxy) is 1. The fourth-order valence-corrected chi connectivity index (χ4v) is 1.20. The summed E-state index contributed by atoms with van der Waals surface area (Å²) >= 11 is 0. The van der Waals surface area contributed by atoms with Gasteiger partial charge in [-0.2, -0.15) is 0 Å². The molecule has 4 nitrogen and oxygen atoms in total. The number of rotatable bonds is 2. The Balaban J connectivity index is 2.51. The minimum Gasteiger partial charge on any atom is -0.496 e. The van der Waals surface area contributed by atoms with Crippen molar-refractivity contribution >= 4 is 0 Å². The third-order valence-corrected chi connectivity index (χ3v) is 1.86. The van der Waals surface area contributed by atoms with E-state index in [1.54, 1.807) is 31.8 Å². The Labute approximate surface area is 81.6 Å². The van der Waals surface area contributed by atoms with Crippen LogP contribution in [0.25, 0.3) is 11.3 Å². The zero-order chi connectivity index (χ0) is 9.80. The van der Waals surface area contributed by atoms with Crippen LogP contribution in [0.5, 0.6) is 5.75 Å². The third-order valence-electron chi connectivity index (χ3n) is 1.86. The van der Waals surface area contributed by atoms with E-state index in [1.807, 2.05) is 6.07 Å². The predicted octanol–water partition coefficient (Wildman–Crippen LogP) is 1.55. The van der Waals surface area contributed by atoms with Gasteiger partial charge in [0.1, 0.15) is 12.1 Å². The van der Waals surface area contributed by atoms with Gasteiger partial charge in [-0.05, 0) is 12.1 Å². The standard InChI is InChI=1S/C10H9N3O/c1-14-10-3-5-11-6-8(10)9-2-4-12-7-13-9/h2-7H,1H3. The molecule has 2 aromatic rings. The van der Waals surface area contributed by atoms with Crippen LogP contribution in [-0.2, 0) is 0 Å². The summed E-state index contributed by atoms with van der Waals surface area (Å²) in [5, 5.41) is 0. The Morgan fingerprint density at radius 2 is 2.00 bits per heavy atom. The molecule has 0 radical (unpaired) electrons. The van der Waals surface area contributed by atoms with Crippen LogP contribution in [0.1, 0.15) is 0 Å². The van der Waals surface area contributed by atoms with Crippen molar-refractivity contribution in [1.29, 1.82) is 0 Å². The predicted molar refractivity (Wildman–Crippen MR) is 51.8 cm³/mol. The lowest BCUT2D eigenvalue weighted by atomic mass is 10.2. The van der Waals surface area contributed by atoms with Gasteiger partial charge in [-0.3, -0.25) is 4.98 Å². The Morgan fingerprint density at radius 3 is 2.71 bits per heavy atom. The summed E-state index contributed by atoms with van der Waals surface area (Å²) < 4.78 is 5.20. The van der Waals surface area contributed by atoms with Crippen LogP contribution in [0.3, 0.4) is 0 Å². The van der Waals surface area contributed by atoms with Gasteiger partial charge in [0.2, 0.25) is 0 Å². The molecule has 0 bridgehead atoms. The quantitative estimate of drug-likeness (QED) is 0.715. The molecule has 0 atom stereocenters. The normalized spacial score (nSPS) is 9.79. The first-order chi connectivity index (χ1) is 6.92. The highest BCUT2D eigenvalue weighted by Crippen LogP contribution is 2.25. The monoisotopic (exact) mass is 187 g/mol. The maximum absolute atomic E-state index is 5.20. The molecular weight excluding hydrogens is 178 g/mol. The van der Waals surface area contributed by atoms with Crippen molar-refractivity contribution < 1.29 is 4.74 Å². The van der Waals surface area contributed by atoms with Crippen molar-refractivity contribution in [2.75, 3.05) is 7.11 Å². The SMILES string of the molecule is COc1ccncc1-c1ccncn1. The van der Waals surface area contributed by atoms with Gasteiger partial charge >= 0.3 is 0 Å². The van der Waals surface area contributed by atoms with Crippen LogP contribution in [-0.4, -0.2) is 22.1 Å². The molecule has 0 unspecified atom stereocenters.